The molecular formula is C9H20N4O. The van der Waals surface area contributed by atoms with Crippen molar-refractivity contribution < 1.29 is 4.79 Å². The minimum absolute atomic E-state index is 0.0716. The van der Waals surface area contributed by atoms with Crippen molar-refractivity contribution in [3.8, 4) is 0 Å². The molecule has 0 aromatic rings. The van der Waals surface area contributed by atoms with Crippen LogP contribution < -0.4 is 16.4 Å². The second-order valence-corrected chi connectivity index (χ2v) is 4.28. The summed E-state index contributed by atoms with van der Waals surface area (Å²) in [7, 11) is 0. The first-order valence-electron chi connectivity index (χ1n) is 4.64. The lowest BCUT2D eigenvalue weighted by Gasteiger charge is -2.23. The Hall–Kier alpha value is -1.26. The van der Waals surface area contributed by atoms with Gasteiger partial charge < -0.3 is 16.4 Å². The quantitative estimate of drug-likeness (QED) is 0.396. The lowest BCUT2D eigenvalue weighted by atomic mass is 9.92. The summed E-state index contributed by atoms with van der Waals surface area (Å²) >= 11 is 0. The van der Waals surface area contributed by atoms with Gasteiger partial charge in [-0.3, -0.25) is 5.41 Å². The predicted octanol–water partition coefficient (Wildman–Crippen LogP) is 0.656. The van der Waals surface area contributed by atoms with Crippen molar-refractivity contribution in [3.63, 3.8) is 0 Å². The number of nitrogens with two attached hydrogens (primary N) is 1. The monoisotopic (exact) mass is 200 g/mol. The Morgan fingerprint density at radius 2 is 2.00 bits per heavy atom. The number of urea groups is 1. The minimum atomic E-state index is -0.492. The van der Waals surface area contributed by atoms with E-state index in [1.807, 2.05) is 27.7 Å². The van der Waals surface area contributed by atoms with Crippen LogP contribution in [0.1, 0.15) is 27.7 Å². The maximum atomic E-state index is 11.2. The molecule has 0 aliphatic heterocycles. The molecule has 0 radical (unpaired) electrons. The Kier molecular flexibility index (Phi) is 4.40. The molecule has 0 aliphatic carbocycles. The minimum Gasteiger partial charge on any atom is -0.387 e. The average Bonchev–Trinajstić information content (AvgIpc) is 1.99. The fourth-order valence-corrected chi connectivity index (χ4v) is 0.710. The molecule has 0 aromatic carbocycles. The fraction of sp³-hybridized carbons (Fsp3) is 0.778. The van der Waals surface area contributed by atoms with E-state index in [-0.39, 0.29) is 17.9 Å². The number of hydrogen-bond acceptors (Lipinski definition) is 2. The van der Waals surface area contributed by atoms with Crippen LogP contribution in [0.3, 0.4) is 0 Å². The van der Waals surface area contributed by atoms with Gasteiger partial charge in [-0.05, 0) is 13.8 Å². The molecule has 0 aliphatic rings. The van der Waals surface area contributed by atoms with Crippen molar-refractivity contribution in [2.45, 2.75) is 33.7 Å². The van der Waals surface area contributed by atoms with E-state index >= 15 is 0 Å². The Balaban J connectivity index is 3.94. The molecule has 5 heteroatoms. The molecule has 14 heavy (non-hydrogen) atoms. The van der Waals surface area contributed by atoms with Gasteiger partial charge in [-0.15, -0.1) is 0 Å². The van der Waals surface area contributed by atoms with Gasteiger partial charge in [0.2, 0.25) is 0 Å². The van der Waals surface area contributed by atoms with Crippen LogP contribution in [0.4, 0.5) is 4.79 Å². The van der Waals surface area contributed by atoms with Gasteiger partial charge in [0, 0.05) is 18.0 Å². The molecule has 0 rings (SSSR count). The summed E-state index contributed by atoms with van der Waals surface area (Å²) < 4.78 is 0. The van der Waals surface area contributed by atoms with Crippen molar-refractivity contribution in [2.24, 2.45) is 11.1 Å². The summed E-state index contributed by atoms with van der Waals surface area (Å²) in [6, 6.07) is -0.121. The first-order valence-corrected chi connectivity index (χ1v) is 4.64. The largest absolute Gasteiger partial charge is 0.387 e. The molecule has 0 atom stereocenters. The van der Waals surface area contributed by atoms with Crippen LogP contribution >= 0.6 is 0 Å². The first kappa shape index (κ1) is 12.7. The molecule has 2 amide bonds. The number of carbonyl (C=O) groups excluding carboxylic acids is 1. The molecular weight excluding hydrogens is 180 g/mol. The van der Waals surface area contributed by atoms with Gasteiger partial charge >= 0.3 is 6.03 Å². The second kappa shape index (κ2) is 4.83. The van der Waals surface area contributed by atoms with E-state index in [0.717, 1.165) is 0 Å². The van der Waals surface area contributed by atoms with Crippen molar-refractivity contribution in [2.75, 3.05) is 6.54 Å². The third-order valence-electron chi connectivity index (χ3n) is 1.84. The second-order valence-electron chi connectivity index (χ2n) is 4.28. The van der Waals surface area contributed by atoms with Crippen LogP contribution in [-0.2, 0) is 0 Å². The molecule has 0 spiro atoms. The maximum Gasteiger partial charge on any atom is 0.315 e. The average molecular weight is 200 g/mol. The highest BCUT2D eigenvalue weighted by Gasteiger charge is 2.22. The summed E-state index contributed by atoms with van der Waals surface area (Å²) in [6.45, 7) is 7.75. The molecule has 5 N–H and O–H groups in total. The summed E-state index contributed by atoms with van der Waals surface area (Å²) in [5.41, 5.74) is 4.88. The Bertz CT molecular complexity index is 223. The Morgan fingerprint density at radius 1 is 1.50 bits per heavy atom. The van der Waals surface area contributed by atoms with E-state index in [2.05, 4.69) is 10.6 Å². The number of rotatable bonds is 4. The van der Waals surface area contributed by atoms with Crippen molar-refractivity contribution in [3.05, 3.63) is 0 Å². The zero-order chi connectivity index (χ0) is 11.4. The van der Waals surface area contributed by atoms with Crippen molar-refractivity contribution in [1.82, 2.24) is 10.6 Å². The topological polar surface area (TPSA) is 91.0 Å². The highest BCUT2D eigenvalue weighted by molar-refractivity contribution is 5.84. The summed E-state index contributed by atoms with van der Waals surface area (Å²) in [4.78, 5) is 11.2. The van der Waals surface area contributed by atoms with E-state index in [4.69, 9.17) is 11.1 Å². The maximum absolute atomic E-state index is 11.2. The lowest BCUT2D eigenvalue weighted by Crippen LogP contribution is -2.46. The lowest BCUT2D eigenvalue weighted by molar-refractivity contribution is 0.236. The summed E-state index contributed by atoms with van der Waals surface area (Å²) in [6.07, 6.45) is 0. The van der Waals surface area contributed by atoms with Gasteiger partial charge in [0.05, 0.1) is 5.84 Å². The summed E-state index contributed by atoms with van der Waals surface area (Å²) in [5.74, 6) is 0.0716. The van der Waals surface area contributed by atoms with E-state index < -0.39 is 5.41 Å². The molecule has 82 valence electrons. The van der Waals surface area contributed by atoms with Gasteiger partial charge in [0.1, 0.15) is 0 Å². The predicted molar refractivity (Wildman–Crippen MR) is 57.4 cm³/mol. The Labute approximate surface area is 84.9 Å². The van der Waals surface area contributed by atoms with Crippen LogP contribution in [0, 0.1) is 10.8 Å². The van der Waals surface area contributed by atoms with Gasteiger partial charge in [-0.1, -0.05) is 13.8 Å². The van der Waals surface area contributed by atoms with Crippen LogP contribution in [0.15, 0.2) is 0 Å². The van der Waals surface area contributed by atoms with Crippen LogP contribution in [0.2, 0.25) is 0 Å². The van der Waals surface area contributed by atoms with E-state index in [1.165, 1.54) is 0 Å². The number of hydrogen-bond donors (Lipinski definition) is 4. The molecule has 0 saturated heterocycles. The molecule has 0 saturated carbocycles. The Morgan fingerprint density at radius 3 is 2.36 bits per heavy atom. The highest BCUT2D eigenvalue weighted by atomic mass is 16.2. The number of amidine groups is 1. The SMILES string of the molecule is CC(C)NC(=O)NCC(C)(C)C(=N)N. The smallest absolute Gasteiger partial charge is 0.315 e. The number of nitrogens with one attached hydrogen (secondary N) is 3. The third kappa shape index (κ3) is 4.69. The van der Waals surface area contributed by atoms with E-state index in [0.29, 0.717) is 6.54 Å². The zero-order valence-corrected chi connectivity index (χ0v) is 9.27. The van der Waals surface area contributed by atoms with E-state index in [1.54, 1.807) is 0 Å². The van der Waals surface area contributed by atoms with Gasteiger partial charge in [0.25, 0.3) is 0 Å². The standard InChI is InChI=1S/C9H20N4O/c1-6(2)13-8(14)12-5-9(3,4)7(10)11/h6H,5H2,1-4H3,(H3,10,11)(H2,12,13,14). The van der Waals surface area contributed by atoms with Crippen LogP contribution in [0.5, 0.6) is 0 Å². The number of amides is 2. The van der Waals surface area contributed by atoms with Gasteiger partial charge in [0.15, 0.2) is 0 Å². The van der Waals surface area contributed by atoms with Crippen LogP contribution in [0.25, 0.3) is 0 Å². The molecule has 0 unspecified atom stereocenters. The highest BCUT2D eigenvalue weighted by Crippen LogP contribution is 2.11. The van der Waals surface area contributed by atoms with Crippen LogP contribution in [-0.4, -0.2) is 24.5 Å². The number of carbonyl (C=O) groups is 1. The first-order chi connectivity index (χ1) is 6.25. The zero-order valence-electron chi connectivity index (χ0n) is 9.27. The van der Waals surface area contributed by atoms with E-state index in [9.17, 15) is 4.79 Å². The van der Waals surface area contributed by atoms with Crippen molar-refractivity contribution in [1.29, 1.82) is 5.41 Å². The third-order valence-corrected chi connectivity index (χ3v) is 1.84. The molecule has 0 heterocycles. The molecule has 0 fully saturated rings. The van der Waals surface area contributed by atoms with Gasteiger partial charge in [-0.2, -0.15) is 0 Å². The van der Waals surface area contributed by atoms with Crippen molar-refractivity contribution >= 4 is 11.9 Å². The molecule has 5 nitrogen and oxygen atoms in total. The van der Waals surface area contributed by atoms with Gasteiger partial charge in [-0.25, -0.2) is 4.79 Å². The fourth-order valence-electron chi connectivity index (χ4n) is 0.710. The normalized spacial score (nSPS) is 11.2. The molecule has 0 aromatic heterocycles. The summed E-state index contributed by atoms with van der Waals surface area (Å²) in [5, 5.41) is 12.6. The molecule has 0 bridgehead atoms.